The fourth-order valence-corrected chi connectivity index (χ4v) is 2.70. The zero-order chi connectivity index (χ0) is 17.1. The molecule has 0 aromatic heterocycles. The Bertz CT molecular complexity index is 693. The van der Waals surface area contributed by atoms with Gasteiger partial charge in [-0.15, -0.1) is 0 Å². The minimum absolute atomic E-state index is 0.367. The van der Waals surface area contributed by atoms with Crippen LogP contribution in [0.3, 0.4) is 0 Å². The average Bonchev–Trinajstić information content (AvgIpc) is 2.43. The number of hydrogen-bond acceptors (Lipinski definition) is 4. The van der Waals surface area contributed by atoms with Crippen LogP contribution in [0.25, 0.3) is 0 Å². The monoisotopic (exact) mass is 350 g/mol. The van der Waals surface area contributed by atoms with E-state index in [4.69, 9.17) is 4.74 Å². The van der Waals surface area contributed by atoms with Crippen molar-refractivity contribution in [3.63, 3.8) is 0 Å². The summed E-state index contributed by atoms with van der Waals surface area (Å²) in [4.78, 5) is 0. The molecule has 128 valence electrons. The zero-order valence-corrected chi connectivity index (χ0v) is 13.3. The molecule has 2 rings (SSSR count). The summed E-state index contributed by atoms with van der Waals surface area (Å²) >= 11 is 0. The third-order valence-corrected chi connectivity index (χ3v) is 4.39. The predicted octanol–water partition coefficient (Wildman–Crippen LogP) is 3.97. The van der Waals surface area contributed by atoms with Crippen LogP contribution in [-0.4, -0.2) is 20.5 Å². The van der Waals surface area contributed by atoms with Crippen LogP contribution in [0.2, 0.25) is 0 Å². The van der Waals surface area contributed by atoms with Crippen molar-refractivity contribution in [1.29, 1.82) is 0 Å². The molecule has 1 aliphatic rings. The SMILES string of the molecule is C/C1=C/CCOc2ccc(OS(=O)(=O)C(F)(F)F)cc2CCC1. The maximum atomic E-state index is 12.4. The lowest BCUT2D eigenvalue weighted by molar-refractivity contribution is -0.0500. The number of allylic oxidation sites excluding steroid dienone is 1. The number of aryl methyl sites for hydroxylation is 1. The number of alkyl halides is 3. The van der Waals surface area contributed by atoms with Gasteiger partial charge in [-0.2, -0.15) is 21.6 Å². The first kappa shape index (κ1) is 17.7. The van der Waals surface area contributed by atoms with Gasteiger partial charge in [0.2, 0.25) is 0 Å². The van der Waals surface area contributed by atoms with E-state index in [1.807, 2.05) is 6.92 Å². The summed E-state index contributed by atoms with van der Waals surface area (Å²) in [5.41, 5.74) is -3.59. The Balaban J connectivity index is 2.23. The van der Waals surface area contributed by atoms with Crippen LogP contribution in [0.5, 0.6) is 11.5 Å². The van der Waals surface area contributed by atoms with Crippen LogP contribution in [0.4, 0.5) is 13.2 Å². The molecule has 0 radical (unpaired) electrons. The summed E-state index contributed by atoms with van der Waals surface area (Å²) in [6.07, 6.45) is 5.05. The second-order valence-electron chi connectivity index (χ2n) is 5.29. The van der Waals surface area contributed by atoms with Gasteiger partial charge in [-0.3, -0.25) is 0 Å². The molecule has 0 unspecified atom stereocenters. The fourth-order valence-electron chi connectivity index (χ4n) is 2.25. The number of ether oxygens (including phenoxy) is 1. The van der Waals surface area contributed by atoms with Gasteiger partial charge in [-0.05, 0) is 56.4 Å². The molecule has 1 heterocycles. The molecule has 0 spiro atoms. The molecule has 8 heteroatoms. The van der Waals surface area contributed by atoms with Gasteiger partial charge in [0.25, 0.3) is 0 Å². The molecule has 0 bridgehead atoms. The lowest BCUT2D eigenvalue weighted by Crippen LogP contribution is -2.28. The van der Waals surface area contributed by atoms with E-state index in [0.29, 0.717) is 24.3 Å². The lowest BCUT2D eigenvalue weighted by Gasteiger charge is -2.15. The molecule has 0 fully saturated rings. The van der Waals surface area contributed by atoms with Gasteiger partial charge >= 0.3 is 15.6 Å². The molecule has 23 heavy (non-hydrogen) atoms. The molecule has 1 aromatic carbocycles. The first-order chi connectivity index (χ1) is 10.7. The van der Waals surface area contributed by atoms with Crippen molar-refractivity contribution in [2.45, 2.75) is 38.1 Å². The van der Waals surface area contributed by atoms with E-state index in [0.717, 1.165) is 25.3 Å². The highest BCUT2D eigenvalue weighted by molar-refractivity contribution is 7.88. The van der Waals surface area contributed by atoms with E-state index in [1.54, 1.807) is 0 Å². The van der Waals surface area contributed by atoms with Crippen molar-refractivity contribution >= 4 is 10.1 Å². The van der Waals surface area contributed by atoms with Crippen LogP contribution in [0.1, 0.15) is 31.7 Å². The van der Waals surface area contributed by atoms with Crippen molar-refractivity contribution in [1.82, 2.24) is 0 Å². The Labute approximate surface area is 133 Å². The van der Waals surface area contributed by atoms with Gasteiger partial charge in [0.15, 0.2) is 0 Å². The van der Waals surface area contributed by atoms with Gasteiger partial charge in [0, 0.05) is 0 Å². The highest BCUT2D eigenvalue weighted by atomic mass is 32.2. The van der Waals surface area contributed by atoms with E-state index in [2.05, 4.69) is 10.3 Å². The van der Waals surface area contributed by atoms with E-state index in [9.17, 15) is 21.6 Å². The zero-order valence-electron chi connectivity index (χ0n) is 12.5. The Morgan fingerprint density at radius 3 is 2.65 bits per heavy atom. The number of fused-ring (bicyclic) bond motifs is 1. The Morgan fingerprint density at radius 2 is 1.96 bits per heavy atom. The number of hydrogen-bond donors (Lipinski definition) is 0. The summed E-state index contributed by atoms with van der Waals surface area (Å²) in [5.74, 6) is 0.170. The molecule has 1 aliphatic heterocycles. The first-order valence-electron chi connectivity index (χ1n) is 7.11. The van der Waals surface area contributed by atoms with Gasteiger partial charge in [0.1, 0.15) is 11.5 Å². The number of rotatable bonds is 2. The summed E-state index contributed by atoms with van der Waals surface area (Å²) in [5, 5.41) is 0. The Morgan fingerprint density at radius 1 is 1.22 bits per heavy atom. The van der Waals surface area contributed by atoms with Gasteiger partial charge in [-0.1, -0.05) is 11.6 Å². The molecule has 0 N–H and O–H groups in total. The second kappa shape index (κ2) is 6.82. The molecule has 4 nitrogen and oxygen atoms in total. The van der Waals surface area contributed by atoms with Crippen molar-refractivity contribution in [3.8, 4) is 11.5 Å². The van der Waals surface area contributed by atoms with E-state index in [1.165, 1.54) is 17.7 Å². The van der Waals surface area contributed by atoms with Gasteiger partial charge < -0.3 is 8.92 Å². The quantitative estimate of drug-likeness (QED) is 0.460. The third kappa shape index (κ3) is 4.63. The van der Waals surface area contributed by atoms with Crippen molar-refractivity contribution in [2.75, 3.05) is 6.61 Å². The number of benzene rings is 1. The van der Waals surface area contributed by atoms with Crippen molar-refractivity contribution < 1.29 is 30.5 Å². The van der Waals surface area contributed by atoms with Crippen LogP contribution in [0, 0.1) is 0 Å². The van der Waals surface area contributed by atoms with Crippen LogP contribution in [-0.2, 0) is 16.5 Å². The largest absolute Gasteiger partial charge is 0.534 e. The van der Waals surface area contributed by atoms with Crippen molar-refractivity contribution in [2.24, 2.45) is 0 Å². The number of halogens is 3. The summed E-state index contributed by atoms with van der Waals surface area (Å²) < 4.78 is 69.0. The van der Waals surface area contributed by atoms with Crippen LogP contribution >= 0.6 is 0 Å². The van der Waals surface area contributed by atoms with E-state index >= 15 is 0 Å². The van der Waals surface area contributed by atoms with E-state index < -0.39 is 15.6 Å². The highest BCUT2D eigenvalue weighted by Crippen LogP contribution is 2.31. The standard InChI is InChI=1S/C15H17F3O4S/c1-11-4-2-6-12-10-13(22-23(19,20)15(16,17)18)7-8-14(12)21-9-3-5-11/h5,7-8,10H,2-4,6,9H2,1H3/b11-5-. The normalized spacial score (nSPS) is 19.0. The maximum Gasteiger partial charge on any atom is 0.534 e. The van der Waals surface area contributed by atoms with Gasteiger partial charge in [0.05, 0.1) is 6.61 Å². The molecule has 1 aromatic rings. The lowest BCUT2D eigenvalue weighted by atomic mass is 10.0. The molecule has 0 amide bonds. The Hall–Kier alpha value is -1.70. The smallest absolute Gasteiger partial charge is 0.493 e. The third-order valence-electron chi connectivity index (χ3n) is 3.41. The first-order valence-corrected chi connectivity index (χ1v) is 8.52. The Kier molecular flexibility index (Phi) is 5.23. The van der Waals surface area contributed by atoms with E-state index in [-0.39, 0.29) is 5.75 Å². The van der Waals surface area contributed by atoms with Gasteiger partial charge in [-0.25, -0.2) is 0 Å². The predicted molar refractivity (Wildman–Crippen MR) is 78.9 cm³/mol. The molecule has 0 saturated carbocycles. The minimum Gasteiger partial charge on any atom is -0.493 e. The molecular formula is C15H17F3O4S. The molecular weight excluding hydrogens is 333 g/mol. The van der Waals surface area contributed by atoms with Crippen LogP contribution in [0.15, 0.2) is 29.8 Å². The summed E-state index contributed by atoms with van der Waals surface area (Å²) in [7, 11) is -5.67. The van der Waals surface area contributed by atoms with Crippen LogP contribution < -0.4 is 8.92 Å². The second-order valence-corrected chi connectivity index (χ2v) is 6.83. The highest BCUT2D eigenvalue weighted by Gasteiger charge is 2.48. The minimum atomic E-state index is -5.67. The summed E-state index contributed by atoms with van der Waals surface area (Å²) in [6.45, 7) is 2.46. The maximum absolute atomic E-state index is 12.4. The summed E-state index contributed by atoms with van der Waals surface area (Å²) in [6, 6.07) is 3.89. The molecule has 0 aliphatic carbocycles. The molecule has 0 saturated heterocycles. The van der Waals surface area contributed by atoms with Crippen molar-refractivity contribution in [3.05, 3.63) is 35.4 Å². The molecule has 0 atom stereocenters. The average molecular weight is 350 g/mol. The fraction of sp³-hybridized carbons (Fsp3) is 0.467. The topological polar surface area (TPSA) is 52.6 Å².